The summed E-state index contributed by atoms with van der Waals surface area (Å²) in [6.07, 6.45) is 0. The number of sulfonamides is 1. The van der Waals surface area contributed by atoms with Crippen LogP contribution >= 0.6 is 0 Å². The Morgan fingerprint density at radius 1 is 1.24 bits per heavy atom. The Balaban J connectivity index is 2.13. The Morgan fingerprint density at radius 2 is 1.88 bits per heavy atom. The topological polar surface area (TPSA) is 95.7 Å². The van der Waals surface area contributed by atoms with Crippen LogP contribution in [0.4, 0.5) is 5.69 Å². The Morgan fingerprint density at radius 3 is 2.44 bits per heavy atom. The Kier molecular flexibility index (Phi) is 6.56. The minimum Gasteiger partial charge on any atom is -0.325 e. The van der Waals surface area contributed by atoms with E-state index < -0.39 is 16.1 Å². The third kappa shape index (κ3) is 4.78. The van der Waals surface area contributed by atoms with Gasteiger partial charge in [0.25, 0.3) is 0 Å². The molecule has 1 aromatic carbocycles. The van der Waals surface area contributed by atoms with E-state index in [0.29, 0.717) is 18.8 Å². The molecule has 0 bridgehead atoms. The van der Waals surface area contributed by atoms with E-state index in [1.54, 1.807) is 18.2 Å². The van der Waals surface area contributed by atoms with Crippen molar-refractivity contribution < 1.29 is 13.2 Å². The number of nitrogens with two attached hydrogens (primary N) is 1. The van der Waals surface area contributed by atoms with Gasteiger partial charge in [0.05, 0.1) is 10.9 Å². The van der Waals surface area contributed by atoms with Crippen LogP contribution in [-0.4, -0.2) is 62.3 Å². The van der Waals surface area contributed by atoms with Crippen molar-refractivity contribution in [3.8, 4) is 0 Å². The number of nitrogens with one attached hydrogen (secondary N) is 1. The smallest absolute Gasteiger partial charge is 0.243 e. The van der Waals surface area contributed by atoms with E-state index in [0.717, 1.165) is 19.6 Å². The third-order valence-electron chi connectivity index (χ3n) is 4.54. The lowest BCUT2D eigenvalue weighted by molar-refractivity contribution is -0.118. The number of anilines is 1. The number of hydrogen-bond donors (Lipinski definition) is 2. The highest BCUT2D eigenvalue weighted by Gasteiger charge is 2.28. The number of amides is 1. The van der Waals surface area contributed by atoms with Gasteiger partial charge in [0.2, 0.25) is 15.9 Å². The molecule has 1 aliphatic rings. The van der Waals surface area contributed by atoms with Gasteiger partial charge in [-0.2, -0.15) is 4.31 Å². The summed E-state index contributed by atoms with van der Waals surface area (Å²) in [5.41, 5.74) is 6.27. The predicted molar refractivity (Wildman–Crippen MR) is 98.8 cm³/mol. The van der Waals surface area contributed by atoms with Crippen LogP contribution in [0.3, 0.4) is 0 Å². The maximum absolute atomic E-state index is 12.8. The number of likely N-dealkylation sites (N-methyl/N-ethyl adjacent to an activating group) is 1. The van der Waals surface area contributed by atoms with Crippen molar-refractivity contribution in [2.75, 3.05) is 38.0 Å². The third-order valence-corrected chi connectivity index (χ3v) is 6.43. The van der Waals surface area contributed by atoms with Gasteiger partial charge < -0.3 is 16.0 Å². The van der Waals surface area contributed by atoms with Gasteiger partial charge in [-0.3, -0.25) is 4.79 Å². The SMILES string of the molecule is CCN1CCN(S(=O)(=O)c2cccc(NC(=O)[C@@H](N)C(C)C)c2)CC1. The number of rotatable bonds is 6. The molecule has 0 aliphatic carbocycles. The fraction of sp³-hybridized carbons (Fsp3) is 0.588. The van der Waals surface area contributed by atoms with Crippen molar-refractivity contribution in [3.63, 3.8) is 0 Å². The lowest BCUT2D eigenvalue weighted by atomic mass is 10.1. The molecule has 1 saturated heterocycles. The van der Waals surface area contributed by atoms with Crippen molar-refractivity contribution in [1.29, 1.82) is 0 Å². The van der Waals surface area contributed by atoms with E-state index in [1.807, 2.05) is 13.8 Å². The normalized spacial score (nSPS) is 18.3. The summed E-state index contributed by atoms with van der Waals surface area (Å²) in [6, 6.07) is 5.71. The predicted octanol–water partition coefficient (Wildman–Crippen LogP) is 0.935. The number of nitrogens with zero attached hydrogens (tertiary/aromatic N) is 2. The van der Waals surface area contributed by atoms with Crippen LogP contribution in [0.15, 0.2) is 29.2 Å². The molecule has 140 valence electrons. The first-order valence-electron chi connectivity index (χ1n) is 8.64. The minimum atomic E-state index is -3.56. The summed E-state index contributed by atoms with van der Waals surface area (Å²) in [7, 11) is -3.56. The van der Waals surface area contributed by atoms with Crippen LogP contribution in [0.25, 0.3) is 0 Å². The van der Waals surface area contributed by atoms with Crippen molar-refractivity contribution >= 4 is 21.6 Å². The van der Waals surface area contributed by atoms with Gasteiger partial charge in [-0.1, -0.05) is 26.8 Å². The summed E-state index contributed by atoms with van der Waals surface area (Å²) in [4.78, 5) is 14.5. The first-order chi connectivity index (χ1) is 11.8. The van der Waals surface area contributed by atoms with Crippen LogP contribution < -0.4 is 11.1 Å². The first-order valence-corrected chi connectivity index (χ1v) is 10.1. The molecule has 0 unspecified atom stereocenters. The second-order valence-corrected chi connectivity index (χ2v) is 8.56. The van der Waals surface area contributed by atoms with Crippen molar-refractivity contribution in [3.05, 3.63) is 24.3 Å². The zero-order chi connectivity index (χ0) is 18.6. The maximum Gasteiger partial charge on any atom is 0.243 e. The fourth-order valence-corrected chi connectivity index (χ4v) is 4.17. The molecule has 0 aromatic heterocycles. The molecule has 0 spiro atoms. The summed E-state index contributed by atoms with van der Waals surface area (Å²) in [6.45, 7) is 9.13. The molecule has 7 nitrogen and oxygen atoms in total. The zero-order valence-corrected chi connectivity index (χ0v) is 15.9. The molecule has 1 aromatic rings. The van der Waals surface area contributed by atoms with Crippen molar-refractivity contribution in [2.24, 2.45) is 11.7 Å². The first kappa shape index (κ1) is 19.8. The molecule has 0 saturated carbocycles. The van der Waals surface area contributed by atoms with Crippen LogP contribution in [-0.2, 0) is 14.8 Å². The largest absolute Gasteiger partial charge is 0.325 e. The standard InChI is InChI=1S/C17H28N4O3S/c1-4-20-8-10-21(11-9-20)25(23,24)15-7-5-6-14(12-15)19-17(22)16(18)13(2)3/h5-7,12-13,16H,4,8-11,18H2,1-3H3,(H,19,22)/t16-/m0/s1. The number of hydrogen-bond acceptors (Lipinski definition) is 5. The number of piperazine rings is 1. The number of benzene rings is 1. The Labute approximate surface area is 150 Å². The quantitative estimate of drug-likeness (QED) is 0.779. The van der Waals surface area contributed by atoms with Gasteiger partial charge in [0, 0.05) is 31.9 Å². The summed E-state index contributed by atoms with van der Waals surface area (Å²) in [5, 5.41) is 2.70. The van der Waals surface area contributed by atoms with Gasteiger partial charge in [0.1, 0.15) is 0 Å². The molecule has 2 rings (SSSR count). The molecule has 1 fully saturated rings. The molecule has 1 amide bonds. The molecular weight excluding hydrogens is 340 g/mol. The second kappa shape index (κ2) is 8.27. The second-order valence-electron chi connectivity index (χ2n) is 6.63. The molecule has 0 radical (unpaired) electrons. The number of carbonyl (C=O) groups excluding carboxylic acids is 1. The van der Waals surface area contributed by atoms with Gasteiger partial charge >= 0.3 is 0 Å². The van der Waals surface area contributed by atoms with Crippen molar-refractivity contribution in [1.82, 2.24) is 9.21 Å². The number of carbonyl (C=O) groups is 1. The highest BCUT2D eigenvalue weighted by molar-refractivity contribution is 7.89. The molecule has 25 heavy (non-hydrogen) atoms. The Bertz CT molecular complexity index is 698. The van der Waals surface area contributed by atoms with Crippen LogP contribution in [0.5, 0.6) is 0 Å². The monoisotopic (exact) mass is 368 g/mol. The molecule has 3 N–H and O–H groups in total. The van der Waals surface area contributed by atoms with Gasteiger partial charge in [0.15, 0.2) is 0 Å². The maximum atomic E-state index is 12.8. The summed E-state index contributed by atoms with van der Waals surface area (Å²) >= 11 is 0. The van der Waals surface area contributed by atoms with E-state index in [2.05, 4.69) is 17.1 Å². The lowest BCUT2D eigenvalue weighted by Crippen LogP contribution is -2.48. The van der Waals surface area contributed by atoms with E-state index in [-0.39, 0.29) is 16.7 Å². The van der Waals surface area contributed by atoms with E-state index in [4.69, 9.17) is 5.73 Å². The zero-order valence-electron chi connectivity index (χ0n) is 15.1. The van der Waals surface area contributed by atoms with Crippen molar-refractivity contribution in [2.45, 2.75) is 31.7 Å². The fourth-order valence-electron chi connectivity index (χ4n) is 2.70. The van der Waals surface area contributed by atoms with Gasteiger partial charge in [-0.05, 0) is 30.7 Å². The average molecular weight is 369 g/mol. The average Bonchev–Trinajstić information content (AvgIpc) is 2.61. The highest BCUT2D eigenvalue weighted by Crippen LogP contribution is 2.21. The van der Waals surface area contributed by atoms with Crippen LogP contribution in [0.2, 0.25) is 0 Å². The van der Waals surface area contributed by atoms with Gasteiger partial charge in [-0.15, -0.1) is 0 Å². The highest BCUT2D eigenvalue weighted by atomic mass is 32.2. The minimum absolute atomic E-state index is 0.00165. The summed E-state index contributed by atoms with van der Waals surface area (Å²) < 4.78 is 27.2. The van der Waals surface area contributed by atoms with Crippen LogP contribution in [0, 0.1) is 5.92 Å². The van der Waals surface area contributed by atoms with E-state index in [1.165, 1.54) is 10.4 Å². The Hall–Kier alpha value is -1.48. The lowest BCUT2D eigenvalue weighted by Gasteiger charge is -2.33. The van der Waals surface area contributed by atoms with Gasteiger partial charge in [-0.25, -0.2) is 8.42 Å². The molecule has 1 atom stereocenters. The van der Waals surface area contributed by atoms with Crippen LogP contribution in [0.1, 0.15) is 20.8 Å². The van der Waals surface area contributed by atoms with E-state index in [9.17, 15) is 13.2 Å². The van der Waals surface area contributed by atoms with E-state index >= 15 is 0 Å². The molecule has 1 aliphatic heterocycles. The summed E-state index contributed by atoms with van der Waals surface area (Å²) in [5.74, 6) is -0.317. The molecule has 1 heterocycles. The molecular formula is C17H28N4O3S. The molecule has 8 heteroatoms.